The Morgan fingerprint density at radius 3 is 2.12 bits per heavy atom. The number of unbranched alkanes of at least 4 members (excludes halogenated alkanes) is 3. The lowest BCUT2D eigenvalue weighted by molar-refractivity contribution is 0.468. The molecule has 2 aromatic carbocycles. The number of nitrogens with zero attached hydrogens (tertiary/aromatic N) is 4. The fourth-order valence-electron chi connectivity index (χ4n) is 4.10. The Bertz CT molecular complexity index is 1170. The molecule has 0 radical (unpaired) electrons. The second-order valence-corrected chi connectivity index (χ2v) is 10.5. The molecule has 4 rings (SSSR count). The number of benzene rings is 2. The van der Waals surface area contributed by atoms with Crippen LogP contribution in [0.4, 0.5) is 0 Å². The topological polar surface area (TPSA) is 43.6 Å². The van der Waals surface area contributed by atoms with Crippen LogP contribution < -0.4 is 0 Å². The van der Waals surface area contributed by atoms with Crippen molar-refractivity contribution in [3.05, 3.63) is 76.2 Å². The molecule has 178 valence electrons. The van der Waals surface area contributed by atoms with E-state index in [4.69, 9.17) is 15.2 Å². The van der Waals surface area contributed by atoms with Crippen molar-refractivity contribution in [3.8, 4) is 22.5 Å². The van der Waals surface area contributed by atoms with Gasteiger partial charge in [-0.05, 0) is 51.2 Å². The fourth-order valence-corrected chi connectivity index (χ4v) is 4.97. The van der Waals surface area contributed by atoms with E-state index < -0.39 is 0 Å². The molecule has 4 aromatic rings. The molecule has 0 aliphatic heterocycles. The quantitative estimate of drug-likeness (QED) is 0.207. The first-order valence-corrected chi connectivity index (χ1v) is 13.4. The third-order valence-corrected chi connectivity index (χ3v) is 7.24. The number of hydrogen-bond acceptors (Lipinski definition) is 4. The molecule has 2 aromatic heterocycles. The maximum Gasteiger partial charge on any atom is 0.121 e. The summed E-state index contributed by atoms with van der Waals surface area (Å²) in [5.74, 6) is 0.535. The minimum Gasteiger partial charge on any atom is -0.246 e. The van der Waals surface area contributed by atoms with Crippen LogP contribution in [0, 0.1) is 0 Å². The third kappa shape index (κ3) is 6.20. The van der Waals surface area contributed by atoms with Crippen LogP contribution in [0.15, 0.2) is 60.0 Å². The highest BCUT2D eigenvalue weighted by Gasteiger charge is 2.16. The molecule has 0 saturated heterocycles. The summed E-state index contributed by atoms with van der Waals surface area (Å²) in [5.41, 5.74) is 6.81. The molecular weight excluding hydrogens is 436 g/mol. The molecule has 0 fully saturated rings. The zero-order valence-corrected chi connectivity index (χ0v) is 21.7. The Morgan fingerprint density at radius 2 is 1.44 bits per heavy atom. The minimum absolute atomic E-state index is 0.223. The second-order valence-electron chi connectivity index (χ2n) is 9.62. The fraction of sp³-hybridized carbons (Fsp3) is 0.414. The van der Waals surface area contributed by atoms with E-state index >= 15 is 0 Å². The van der Waals surface area contributed by atoms with Crippen molar-refractivity contribution in [2.24, 2.45) is 0 Å². The zero-order chi connectivity index (χ0) is 23.9. The average Bonchev–Trinajstić information content (AvgIpc) is 3.50. The molecule has 34 heavy (non-hydrogen) atoms. The maximum absolute atomic E-state index is 4.86. The Hall–Kier alpha value is -2.79. The predicted molar refractivity (Wildman–Crippen MR) is 143 cm³/mol. The van der Waals surface area contributed by atoms with Crippen LogP contribution in [-0.4, -0.2) is 20.0 Å². The van der Waals surface area contributed by atoms with Crippen LogP contribution in [-0.2, 0) is 12.8 Å². The van der Waals surface area contributed by atoms with Gasteiger partial charge in [0.1, 0.15) is 11.4 Å². The summed E-state index contributed by atoms with van der Waals surface area (Å²) in [6.07, 6.45) is 7.15. The van der Waals surface area contributed by atoms with Crippen LogP contribution in [0.1, 0.15) is 81.6 Å². The molecule has 0 bridgehead atoms. The largest absolute Gasteiger partial charge is 0.246 e. The summed E-state index contributed by atoms with van der Waals surface area (Å²) in [6, 6.07) is 19.4. The van der Waals surface area contributed by atoms with Gasteiger partial charge in [0.25, 0.3) is 0 Å². The van der Waals surface area contributed by atoms with Crippen molar-refractivity contribution in [3.63, 3.8) is 0 Å². The Balaban J connectivity index is 1.35. The normalized spacial score (nSPS) is 11.6. The van der Waals surface area contributed by atoms with Crippen LogP contribution in [0.2, 0.25) is 0 Å². The summed E-state index contributed by atoms with van der Waals surface area (Å²) in [7, 11) is 0. The molecule has 0 saturated carbocycles. The zero-order valence-electron chi connectivity index (χ0n) is 20.9. The minimum atomic E-state index is 0.223. The summed E-state index contributed by atoms with van der Waals surface area (Å²) in [5, 5.41) is 13.2. The van der Waals surface area contributed by atoms with Crippen LogP contribution in [0.3, 0.4) is 0 Å². The Labute approximate surface area is 208 Å². The van der Waals surface area contributed by atoms with Gasteiger partial charge in [0, 0.05) is 22.4 Å². The average molecular weight is 473 g/mol. The number of aromatic nitrogens is 4. The number of aryl methyl sites for hydroxylation is 2. The summed E-state index contributed by atoms with van der Waals surface area (Å²) in [4.78, 5) is 6.59. The maximum atomic E-state index is 4.86. The summed E-state index contributed by atoms with van der Waals surface area (Å²) in [6.45, 7) is 8.67. The van der Waals surface area contributed by atoms with Crippen molar-refractivity contribution in [1.82, 2.24) is 20.0 Å². The first kappa shape index (κ1) is 24.3. The first-order valence-electron chi connectivity index (χ1n) is 12.6. The SMILES string of the molecule is CC(C)c1nc(CCCCCCc2cccc(-c3nn(C(C)C)nc3-c3ccccc3)c2)cs1. The number of thiazole rings is 1. The van der Waals surface area contributed by atoms with Gasteiger partial charge < -0.3 is 0 Å². The lowest BCUT2D eigenvalue weighted by Crippen LogP contribution is -2.04. The summed E-state index contributed by atoms with van der Waals surface area (Å²) < 4.78 is 0. The van der Waals surface area contributed by atoms with Gasteiger partial charge in [-0.2, -0.15) is 15.0 Å². The lowest BCUT2D eigenvalue weighted by Gasteiger charge is -2.06. The van der Waals surface area contributed by atoms with E-state index in [0.29, 0.717) is 5.92 Å². The molecular formula is C29H36N4S. The van der Waals surface area contributed by atoms with Gasteiger partial charge >= 0.3 is 0 Å². The smallest absolute Gasteiger partial charge is 0.121 e. The van der Waals surface area contributed by atoms with Gasteiger partial charge in [0.05, 0.1) is 16.7 Å². The Kier molecular flexibility index (Phi) is 8.28. The van der Waals surface area contributed by atoms with Crippen molar-refractivity contribution in [2.75, 3.05) is 0 Å². The van der Waals surface area contributed by atoms with E-state index in [1.807, 2.05) is 10.9 Å². The molecule has 0 atom stereocenters. The van der Waals surface area contributed by atoms with Crippen molar-refractivity contribution >= 4 is 11.3 Å². The van der Waals surface area contributed by atoms with Crippen molar-refractivity contribution in [2.45, 2.75) is 78.2 Å². The van der Waals surface area contributed by atoms with Crippen LogP contribution in [0.25, 0.3) is 22.5 Å². The van der Waals surface area contributed by atoms with E-state index in [2.05, 4.69) is 81.6 Å². The third-order valence-electron chi connectivity index (χ3n) is 6.05. The molecule has 0 aliphatic rings. The van der Waals surface area contributed by atoms with Gasteiger partial charge in [-0.3, -0.25) is 0 Å². The second kappa shape index (κ2) is 11.6. The highest BCUT2D eigenvalue weighted by molar-refractivity contribution is 7.09. The monoisotopic (exact) mass is 472 g/mol. The molecule has 2 heterocycles. The van der Waals surface area contributed by atoms with E-state index in [1.165, 1.54) is 41.9 Å². The highest BCUT2D eigenvalue weighted by Crippen LogP contribution is 2.30. The first-order chi connectivity index (χ1) is 16.5. The van der Waals surface area contributed by atoms with Crippen molar-refractivity contribution in [1.29, 1.82) is 0 Å². The van der Waals surface area contributed by atoms with Crippen LogP contribution >= 0.6 is 11.3 Å². The van der Waals surface area contributed by atoms with E-state index in [-0.39, 0.29) is 6.04 Å². The van der Waals surface area contributed by atoms with Gasteiger partial charge in [-0.25, -0.2) is 4.98 Å². The number of hydrogen-bond donors (Lipinski definition) is 0. The molecule has 0 unspecified atom stereocenters. The molecule has 0 N–H and O–H groups in total. The van der Waals surface area contributed by atoms with E-state index in [1.54, 1.807) is 11.3 Å². The van der Waals surface area contributed by atoms with Gasteiger partial charge in [-0.15, -0.1) is 11.3 Å². The predicted octanol–water partition coefficient (Wildman–Crippen LogP) is 8.12. The highest BCUT2D eigenvalue weighted by atomic mass is 32.1. The number of rotatable bonds is 11. The van der Waals surface area contributed by atoms with Gasteiger partial charge in [0.2, 0.25) is 0 Å². The lowest BCUT2D eigenvalue weighted by atomic mass is 10.00. The molecule has 5 heteroatoms. The van der Waals surface area contributed by atoms with E-state index in [9.17, 15) is 0 Å². The standard InChI is InChI=1S/C29H36N4S/c1-21(2)29-30-26(20-34-29)18-11-6-5-8-13-23-14-12-17-25(19-23)28-27(24-15-9-7-10-16-24)31-33(32-28)22(3)4/h7,9-10,12,14-17,19-22H,5-6,8,11,13,18H2,1-4H3. The van der Waals surface area contributed by atoms with Crippen molar-refractivity contribution < 1.29 is 0 Å². The van der Waals surface area contributed by atoms with Crippen LogP contribution in [0.5, 0.6) is 0 Å². The molecule has 0 spiro atoms. The molecule has 4 nitrogen and oxygen atoms in total. The summed E-state index contributed by atoms with van der Waals surface area (Å²) >= 11 is 1.80. The van der Waals surface area contributed by atoms with Gasteiger partial charge in [0.15, 0.2) is 0 Å². The van der Waals surface area contributed by atoms with E-state index in [0.717, 1.165) is 35.4 Å². The molecule has 0 aliphatic carbocycles. The molecule has 0 amide bonds. The van der Waals surface area contributed by atoms with Gasteiger partial charge in [-0.1, -0.05) is 75.2 Å². The Morgan fingerprint density at radius 1 is 0.765 bits per heavy atom.